The van der Waals surface area contributed by atoms with Crippen LogP contribution in [0, 0.1) is 0 Å². The minimum absolute atomic E-state index is 0.173. The summed E-state index contributed by atoms with van der Waals surface area (Å²) in [6, 6.07) is 7.52. The number of hydrogen-bond acceptors (Lipinski definition) is 3. The van der Waals surface area contributed by atoms with E-state index in [-0.39, 0.29) is 5.96 Å². The number of nitrogens with zero attached hydrogens (tertiary/aromatic N) is 4. The van der Waals surface area contributed by atoms with Gasteiger partial charge in [-0.15, -0.1) is 0 Å². The van der Waals surface area contributed by atoms with Gasteiger partial charge in [0.05, 0.1) is 6.54 Å². The Labute approximate surface area is 135 Å². The topological polar surface area (TPSA) is 95.3 Å². The van der Waals surface area contributed by atoms with Gasteiger partial charge in [-0.05, 0) is 18.7 Å². The van der Waals surface area contributed by atoms with E-state index in [9.17, 15) is 0 Å². The summed E-state index contributed by atoms with van der Waals surface area (Å²) in [6.45, 7) is 3.99. The number of rotatable bonds is 2. The molecule has 1 aliphatic rings. The molecule has 1 aromatic rings. The number of likely N-dealkylation sites (N-methyl/N-ethyl adjacent to an activating group) is 1. The van der Waals surface area contributed by atoms with Crippen molar-refractivity contribution >= 4 is 23.5 Å². The van der Waals surface area contributed by atoms with E-state index in [0.717, 1.165) is 31.7 Å². The van der Waals surface area contributed by atoms with Crippen LogP contribution in [0.5, 0.6) is 0 Å². The fraction of sp³-hybridized carbons (Fsp3) is 0.429. The molecule has 5 N–H and O–H groups in total. The van der Waals surface area contributed by atoms with Crippen LogP contribution in [0.4, 0.5) is 0 Å². The Balaban J connectivity index is 2.02. The average molecular weight is 324 g/mol. The molecule has 7 nitrogen and oxygen atoms in total. The normalized spacial score (nSPS) is 17.7. The number of aliphatic imine (C=N–C) groups is 2. The van der Waals surface area contributed by atoms with E-state index in [1.54, 1.807) is 0 Å². The van der Waals surface area contributed by atoms with Crippen LogP contribution in [-0.4, -0.2) is 54.9 Å². The monoisotopic (exact) mass is 323 g/mol. The van der Waals surface area contributed by atoms with Crippen molar-refractivity contribution < 1.29 is 0 Å². The highest BCUT2D eigenvalue weighted by molar-refractivity contribution is 6.31. The lowest BCUT2D eigenvalue weighted by Gasteiger charge is -2.33. The summed E-state index contributed by atoms with van der Waals surface area (Å²) in [5.74, 6) is 6.26. The van der Waals surface area contributed by atoms with Crippen molar-refractivity contribution in [1.82, 2.24) is 15.2 Å². The van der Waals surface area contributed by atoms with Gasteiger partial charge in [-0.3, -0.25) is 5.43 Å². The molecular weight excluding hydrogens is 302 g/mol. The lowest BCUT2D eigenvalue weighted by atomic mass is 10.2. The van der Waals surface area contributed by atoms with Gasteiger partial charge in [0.25, 0.3) is 0 Å². The molecule has 0 spiro atoms. The molecule has 1 fully saturated rings. The third-order valence-electron chi connectivity index (χ3n) is 3.52. The van der Waals surface area contributed by atoms with Gasteiger partial charge in [0.2, 0.25) is 11.9 Å². The summed E-state index contributed by atoms with van der Waals surface area (Å²) in [5, 5.41) is 0.666. The van der Waals surface area contributed by atoms with Crippen LogP contribution in [0.3, 0.4) is 0 Å². The SMILES string of the molecule is CN1CCN(C(=NC(N)=NCc2ccccc2Cl)NN)CC1. The highest BCUT2D eigenvalue weighted by Gasteiger charge is 2.17. The molecule has 1 saturated heterocycles. The molecule has 0 bridgehead atoms. The average Bonchev–Trinajstić information content (AvgIpc) is 2.53. The first kappa shape index (κ1) is 16.5. The van der Waals surface area contributed by atoms with E-state index in [4.69, 9.17) is 23.2 Å². The number of halogens is 1. The van der Waals surface area contributed by atoms with E-state index in [0.29, 0.717) is 17.5 Å². The zero-order valence-electron chi connectivity index (χ0n) is 12.7. The van der Waals surface area contributed by atoms with Gasteiger partial charge >= 0.3 is 0 Å². The molecule has 1 heterocycles. The largest absolute Gasteiger partial charge is 0.368 e. The molecule has 0 amide bonds. The molecule has 120 valence electrons. The third-order valence-corrected chi connectivity index (χ3v) is 3.89. The van der Waals surface area contributed by atoms with Gasteiger partial charge in [-0.2, -0.15) is 4.99 Å². The summed E-state index contributed by atoms with van der Waals surface area (Å²) in [5.41, 5.74) is 9.37. The lowest BCUT2D eigenvalue weighted by Crippen LogP contribution is -2.53. The lowest BCUT2D eigenvalue weighted by molar-refractivity contribution is 0.211. The van der Waals surface area contributed by atoms with E-state index < -0.39 is 0 Å². The van der Waals surface area contributed by atoms with Crippen LogP contribution in [0.1, 0.15) is 5.56 Å². The second-order valence-corrected chi connectivity index (χ2v) is 5.54. The first-order chi connectivity index (χ1) is 10.6. The molecule has 1 aliphatic heterocycles. The maximum absolute atomic E-state index is 6.09. The first-order valence-corrected chi connectivity index (χ1v) is 7.50. The number of hydrogen-bond donors (Lipinski definition) is 3. The van der Waals surface area contributed by atoms with Crippen molar-refractivity contribution in [3.8, 4) is 0 Å². The second-order valence-electron chi connectivity index (χ2n) is 5.14. The summed E-state index contributed by atoms with van der Waals surface area (Å²) >= 11 is 6.09. The van der Waals surface area contributed by atoms with Gasteiger partial charge < -0.3 is 15.5 Å². The molecule has 8 heteroatoms. The van der Waals surface area contributed by atoms with E-state index in [1.165, 1.54) is 0 Å². The van der Waals surface area contributed by atoms with Gasteiger partial charge in [0.15, 0.2) is 0 Å². The molecule has 0 aliphatic carbocycles. The Morgan fingerprint density at radius 3 is 2.59 bits per heavy atom. The Kier molecular flexibility index (Phi) is 6.00. The third kappa shape index (κ3) is 4.59. The summed E-state index contributed by atoms with van der Waals surface area (Å²) < 4.78 is 0. The molecule has 22 heavy (non-hydrogen) atoms. The van der Waals surface area contributed by atoms with Gasteiger partial charge in [-0.1, -0.05) is 29.8 Å². The number of nitrogens with two attached hydrogens (primary N) is 2. The molecule has 0 saturated carbocycles. The van der Waals surface area contributed by atoms with Crippen molar-refractivity contribution in [1.29, 1.82) is 0 Å². The summed E-state index contributed by atoms with van der Waals surface area (Å²) in [7, 11) is 2.09. The Morgan fingerprint density at radius 2 is 1.95 bits per heavy atom. The molecule has 0 atom stereocenters. The maximum atomic E-state index is 6.09. The van der Waals surface area contributed by atoms with Gasteiger partial charge in [0, 0.05) is 31.2 Å². The van der Waals surface area contributed by atoms with Gasteiger partial charge in [-0.25, -0.2) is 10.8 Å². The minimum atomic E-state index is 0.173. The van der Waals surface area contributed by atoms with E-state index >= 15 is 0 Å². The molecular formula is C14H22ClN7. The van der Waals surface area contributed by atoms with Crippen molar-refractivity contribution in [3.63, 3.8) is 0 Å². The zero-order valence-corrected chi connectivity index (χ0v) is 13.4. The number of piperazine rings is 1. The predicted octanol–water partition coefficient (Wildman–Crippen LogP) is 0.221. The standard InChI is InChI=1S/C14H22ClN7/c1-21-6-8-22(9-7-21)14(20-17)19-13(16)18-10-11-4-2-3-5-12(11)15/h2-5H,6-10,17H2,1H3,(H3,16,18,19,20). The molecule has 2 rings (SSSR count). The molecule has 1 aromatic carbocycles. The highest BCUT2D eigenvalue weighted by Crippen LogP contribution is 2.15. The minimum Gasteiger partial charge on any atom is -0.368 e. The van der Waals surface area contributed by atoms with Crippen molar-refractivity contribution in [3.05, 3.63) is 34.9 Å². The summed E-state index contributed by atoms with van der Waals surface area (Å²) in [6.07, 6.45) is 0. The number of hydrazine groups is 1. The Morgan fingerprint density at radius 1 is 1.27 bits per heavy atom. The summed E-state index contributed by atoms with van der Waals surface area (Å²) in [4.78, 5) is 12.8. The van der Waals surface area contributed by atoms with Crippen LogP contribution in [0.15, 0.2) is 34.3 Å². The number of benzene rings is 1. The number of guanidine groups is 2. The molecule has 0 unspecified atom stereocenters. The zero-order chi connectivity index (χ0) is 15.9. The van der Waals surface area contributed by atoms with Crippen LogP contribution < -0.4 is 17.0 Å². The Hall–Kier alpha value is -1.83. The van der Waals surface area contributed by atoms with Crippen molar-refractivity contribution in [2.24, 2.45) is 21.6 Å². The fourth-order valence-electron chi connectivity index (χ4n) is 2.15. The van der Waals surface area contributed by atoms with Gasteiger partial charge in [0.1, 0.15) is 0 Å². The molecule has 0 aromatic heterocycles. The van der Waals surface area contributed by atoms with E-state index in [1.807, 2.05) is 24.3 Å². The predicted molar refractivity (Wildman–Crippen MR) is 90.6 cm³/mol. The highest BCUT2D eigenvalue weighted by atomic mass is 35.5. The second kappa shape index (κ2) is 7.98. The number of nitrogens with one attached hydrogen (secondary N) is 1. The molecule has 0 radical (unpaired) electrons. The van der Waals surface area contributed by atoms with Crippen LogP contribution >= 0.6 is 11.6 Å². The van der Waals surface area contributed by atoms with Crippen LogP contribution in [0.2, 0.25) is 5.02 Å². The smallest absolute Gasteiger partial charge is 0.218 e. The van der Waals surface area contributed by atoms with Crippen molar-refractivity contribution in [2.45, 2.75) is 6.54 Å². The first-order valence-electron chi connectivity index (χ1n) is 7.12. The fourth-order valence-corrected chi connectivity index (χ4v) is 2.34. The van der Waals surface area contributed by atoms with Crippen LogP contribution in [0.25, 0.3) is 0 Å². The van der Waals surface area contributed by atoms with Crippen molar-refractivity contribution in [2.75, 3.05) is 33.2 Å². The van der Waals surface area contributed by atoms with E-state index in [2.05, 4.69) is 32.3 Å². The Bertz CT molecular complexity index is 550. The van der Waals surface area contributed by atoms with Crippen LogP contribution in [-0.2, 0) is 6.54 Å². The maximum Gasteiger partial charge on any atom is 0.218 e. The quantitative estimate of drug-likeness (QED) is 0.313.